The van der Waals surface area contributed by atoms with Gasteiger partial charge in [0, 0.05) is 48.7 Å². The average Bonchev–Trinajstić information content (AvgIpc) is 3.25. The second-order valence-electron chi connectivity index (χ2n) is 8.17. The SMILES string of the molecule is CCOC(=O)c1c(-c2ccc(Cl)cc2)csc1NC(=O)CN1CCN(Cc2ccccc2)CC1. The molecule has 0 radical (unpaired) electrons. The Balaban J connectivity index is 1.38. The van der Waals surface area contributed by atoms with Crippen molar-refractivity contribution in [3.63, 3.8) is 0 Å². The molecule has 0 atom stereocenters. The Bertz CT molecular complexity index is 1110. The van der Waals surface area contributed by atoms with Crippen molar-refractivity contribution in [1.29, 1.82) is 0 Å². The molecule has 6 nitrogen and oxygen atoms in total. The van der Waals surface area contributed by atoms with Crippen molar-refractivity contribution in [3.8, 4) is 11.1 Å². The van der Waals surface area contributed by atoms with Crippen molar-refractivity contribution >= 4 is 39.8 Å². The minimum atomic E-state index is -0.446. The van der Waals surface area contributed by atoms with E-state index in [9.17, 15) is 9.59 Å². The smallest absolute Gasteiger partial charge is 0.341 e. The van der Waals surface area contributed by atoms with Crippen LogP contribution in [0.3, 0.4) is 0 Å². The summed E-state index contributed by atoms with van der Waals surface area (Å²) in [5, 5.41) is 5.95. The predicted molar refractivity (Wildman–Crippen MR) is 138 cm³/mol. The molecule has 8 heteroatoms. The number of carbonyl (C=O) groups is 2. The van der Waals surface area contributed by atoms with Gasteiger partial charge in [-0.2, -0.15) is 0 Å². The van der Waals surface area contributed by atoms with Crippen LogP contribution in [0.5, 0.6) is 0 Å². The number of anilines is 1. The number of piperazine rings is 1. The van der Waals surface area contributed by atoms with Gasteiger partial charge in [0.1, 0.15) is 10.6 Å². The van der Waals surface area contributed by atoms with Crippen molar-refractivity contribution in [3.05, 3.63) is 76.1 Å². The molecule has 0 bridgehead atoms. The summed E-state index contributed by atoms with van der Waals surface area (Å²) in [7, 11) is 0. The van der Waals surface area contributed by atoms with Crippen LogP contribution >= 0.6 is 22.9 Å². The number of ether oxygens (including phenoxy) is 1. The lowest BCUT2D eigenvalue weighted by molar-refractivity contribution is -0.117. The third kappa shape index (κ3) is 6.24. The van der Waals surface area contributed by atoms with Crippen LogP contribution in [-0.2, 0) is 16.1 Å². The maximum Gasteiger partial charge on any atom is 0.341 e. The quantitative estimate of drug-likeness (QED) is 0.444. The van der Waals surface area contributed by atoms with Crippen molar-refractivity contribution < 1.29 is 14.3 Å². The number of hydrogen-bond donors (Lipinski definition) is 1. The second kappa shape index (κ2) is 11.6. The highest BCUT2D eigenvalue weighted by Gasteiger charge is 2.24. The lowest BCUT2D eigenvalue weighted by Crippen LogP contribution is -2.48. The highest BCUT2D eigenvalue weighted by molar-refractivity contribution is 7.15. The first kappa shape index (κ1) is 24.4. The molecule has 2 aromatic carbocycles. The van der Waals surface area contributed by atoms with E-state index in [2.05, 4.69) is 39.4 Å². The minimum absolute atomic E-state index is 0.133. The standard InChI is InChI=1S/C26H28ClN3O3S/c1-2-33-26(32)24-22(20-8-10-21(27)11-9-20)18-34-25(24)28-23(31)17-30-14-12-29(13-15-30)16-19-6-4-3-5-7-19/h3-11,18H,2,12-17H2,1H3,(H,28,31). The Hall–Kier alpha value is -2.71. The average molecular weight is 498 g/mol. The lowest BCUT2D eigenvalue weighted by atomic mass is 10.0. The lowest BCUT2D eigenvalue weighted by Gasteiger charge is -2.34. The summed E-state index contributed by atoms with van der Waals surface area (Å²) in [6.07, 6.45) is 0. The van der Waals surface area contributed by atoms with Gasteiger partial charge < -0.3 is 10.1 Å². The van der Waals surface area contributed by atoms with Gasteiger partial charge in [-0.1, -0.05) is 54.1 Å². The first-order valence-corrected chi connectivity index (χ1v) is 12.6. The van der Waals surface area contributed by atoms with Gasteiger partial charge >= 0.3 is 5.97 Å². The Kier molecular flexibility index (Phi) is 8.34. The minimum Gasteiger partial charge on any atom is -0.462 e. The van der Waals surface area contributed by atoms with Crippen LogP contribution in [0.15, 0.2) is 60.0 Å². The molecule has 1 aliphatic rings. The van der Waals surface area contributed by atoms with E-state index in [1.54, 1.807) is 19.1 Å². The first-order valence-electron chi connectivity index (χ1n) is 11.4. The third-order valence-electron chi connectivity index (χ3n) is 5.76. The van der Waals surface area contributed by atoms with Gasteiger partial charge in [-0.25, -0.2) is 4.79 Å². The number of nitrogens with one attached hydrogen (secondary N) is 1. The van der Waals surface area contributed by atoms with E-state index in [-0.39, 0.29) is 19.1 Å². The van der Waals surface area contributed by atoms with Crippen molar-refractivity contribution in [2.45, 2.75) is 13.5 Å². The monoisotopic (exact) mass is 497 g/mol. The van der Waals surface area contributed by atoms with Gasteiger partial charge in [0.05, 0.1) is 13.2 Å². The van der Waals surface area contributed by atoms with Crippen LogP contribution in [0.25, 0.3) is 11.1 Å². The molecule has 0 aliphatic carbocycles. The van der Waals surface area contributed by atoms with E-state index >= 15 is 0 Å². The molecule has 1 aromatic heterocycles. The van der Waals surface area contributed by atoms with E-state index in [1.807, 2.05) is 23.6 Å². The fourth-order valence-corrected chi connectivity index (χ4v) is 5.11. The molecule has 2 heterocycles. The molecule has 178 valence electrons. The summed E-state index contributed by atoms with van der Waals surface area (Å²) >= 11 is 7.34. The topological polar surface area (TPSA) is 61.9 Å². The van der Waals surface area contributed by atoms with Crippen LogP contribution in [-0.4, -0.2) is 61.0 Å². The molecule has 0 unspecified atom stereocenters. The van der Waals surface area contributed by atoms with Crippen LogP contribution < -0.4 is 5.32 Å². The number of carbonyl (C=O) groups excluding carboxylic acids is 2. The molecular formula is C26H28ClN3O3S. The number of nitrogens with zero attached hydrogens (tertiary/aromatic N) is 2. The highest BCUT2D eigenvalue weighted by Crippen LogP contribution is 2.36. The number of amides is 1. The van der Waals surface area contributed by atoms with Crippen molar-refractivity contribution in [2.24, 2.45) is 0 Å². The van der Waals surface area contributed by atoms with Gasteiger partial charge in [0.2, 0.25) is 5.91 Å². The van der Waals surface area contributed by atoms with Crippen LogP contribution in [0.1, 0.15) is 22.8 Å². The fraction of sp³-hybridized carbons (Fsp3) is 0.308. The number of halogens is 1. The number of esters is 1. The number of rotatable bonds is 8. The maximum absolute atomic E-state index is 12.8. The second-order valence-corrected chi connectivity index (χ2v) is 9.48. The van der Waals surface area contributed by atoms with Gasteiger partial charge in [0.25, 0.3) is 0 Å². The van der Waals surface area contributed by atoms with E-state index in [1.165, 1.54) is 16.9 Å². The summed E-state index contributed by atoms with van der Waals surface area (Å²) in [4.78, 5) is 30.1. The fourth-order valence-electron chi connectivity index (χ4n) is 4.01. The Morgan fingerprint density at radius 1 is 1.00 bits per heavy atom. The van der Waals surface area contributed by atoms with Crippen LogP contribution in [0, 0.1) is 0 Å². The number of thiophene rings is 1. The van der Waals surface area contributed by atoms with Crippen LogP contribution in [0.2, 0.25) is 5.02 Å². The maximum atomic E-state index is 12.8. The Morgan fingerprint density at radius 2 is 1.68 bits per heavy atom. The third-order valence-corrected chi connectivity index (χ3v) is 6.91. The molecule has 0 spiro atoms. The van der Waals surface area contributed by atoms with E-state index < -0.39 is 5.97 Å². The van der Waals surface area contributed by atoms with E-state index in [0.717, 1.165) is 43.9 Å². The molecule has 34 heavy (non-hydrogen) atoms. The van der Waals surface area contributed by atoms with Crippen molar-refractivity contribution in [1.82, 2.24) is 9.80 Å². The van der Waals surface area contributed by atoms with E-state index in [0.29, 0.717) is 15.6 Å². The Morgan fingerprint density at radius 3 is 2.35 bits per heavy atom. The summed E-state index contributed by atoms with van der Waals surface area (Å²) in [6.45, 7) is 6.71. The zero-order chi connectivity index (χ0) is 23.9. The van der Waals surface area contributed by atoms with Gasteiger partial charge in [-0.05, 0) is 30.2 Å². The van der Waals surface area contributed by atoms with Crippen molar-refractivity contribution in [2.75, 3.05) is 44.6 Å². The highest BCUT2D eigenvalue weighted by atomic mass is 35.5. The molecule has 3 aromatic rings. The summed E-state index contributed by atoms with van der Waals surface area (Å²) in [5.74, 6) is -0.579. The zero-order valence-corrected chi connectivity index (χ0v) is 20.7. The molecule has 4 rings (SSSR count). The molecule has 1 aliphatic heterocycles. The molecule has 1 N–H and O–H groups in total. The summed E-state index contributed by atoms with van der Waals surface area (Å²) in [5.41, 5.74) is 3.26. The molecule has 0 saturated carbocycles. The van der Waals surface area contributed by atoms with E-state index in [4.69, 9.17) is 16.3 Å². The normalized spacial score (nSPS) is 14.6. The Labute approximate surface area is 209 Å². The van der Waals surface area contributed by atoms with Gasteiger partial charge in [-0.3, -0.25) is 14.6 Å². The molecule has 1 amide bonds. The van der Waals surface area contributed by atoms with Gasteiger partial charge in [-0.15, -0.1) is 11.3 Å². The van der Waals surface area contributed by atoms with Crippen LogP contribution in [0.4, 0.5) is 5.00 Å². The van der Waals surface area contributed by atoms with Gasteiger partial charge in [0.15, 0.2) is 0 Å². The summed E-state index contributed by atoms with van der Waals surface area (Å²) < 4.78 is 5.28. The first-order chi connectivity index (χ1) is 16.5. The molecule has 1 saturated heterocycles. The molecule has 1 fully saturated rings. The number of benzene rings is 2. The molecular weight excluding hydrogens is 470 g/mol. The predicted octanol–water partition coefficient (Wildman–Crippen LogP) is 5.00. The summed E-state index contributed by atoms with van der Waals surface area (Å²) in [6, 6.07) is 17.7. The zero-order valence-electron chi connectivity index (χ0n) is 19.1. The largest absolute Gasteiger partial charge is 0.462 e. The number of hydrogen-bond acceptors (Lipinski definition) is 6.